The fourth-order valence-electron chi connectivity index (χ4n) is 1.42. The van der Waals surface area contributed by atoms with Crippen LogP contribution in [0.1, 0.15) is 11.9 Å². The Morgan fingerprint density at radius 2 is 2.00 bits per heavy atom. The Hall–Kier alpha value is -2.17. The third-order valence-electron chi connectivity index (χ3n) is 2.15. The third kappa shape index (κ3) is 1.79. The van der Waals surface area contributed by atoms with Crippen molar-refractivity contribution in [3.05, 3.63) is 48.3 Å². The Balaban J connectivity index is 2.44. The first-order chi connectivity index (χ1) is 7.70. The van der Waals surface area contributed by atoms with Crippen LogP contribution < -0.4 is 0 Å². The van der Waals surface area contributed by atoms with Gasteiger partial charge in [-0.2, -0.15) is 5.10 Å². The maximum atomic E-state index is 13.4. The number of para-hydroxylation sites is 1. The number of carboxylic acids is 1. The van der Waals surface area contributed by atoms with Crippen molar-refractivity contribution in [2.75, 3.05) is 0 Å². The van der Waals surface area contributed by atoms with Crippen molar-refractivity contribution in [1.82, 2.24) is 9.78 Å². The molecule has 5 heteroatoms. The smallest absolute Gasteiger partial charge is 0.344 e. The van der Waals surface area contributed by atoms with E-state index in [0.717, 1.165) is 0 Å². The van der Waals surface area contributed by atoms with Crippen LogP contribution in [0, 0.1) is 0 Å². The van der Waals surface area contributed by atoms with Gasteiger partial charge in [-0.15, -0.1) is 0 Å². The average molecular weight is 220 g/mol. The quantitative estimate of drug-likeness (QED) is 0.860. The van der Waals surface area contributed by atoms with E-state index < -0.39 is 12.1 Å². The monoisotopic (exact) mass is 220 g/mol. The number of halogens is 1. The highest BCUT2D eigenvalue weighted by Crippen LogP contribution is 2.20. The predicted molar refractivity (Wildman–Crippen MR) is 55.0 cm³/mol. The molecule has 1 unspecified atom stereocenters. The Kier molecular flexibility index (Phi) is 2.68. The van der Waals surface area contributed by atoms with Gasteiger partial charge in [-0.25, -0.2) is 13.9 Å². The molecular formula is C11H9FN2O2. The second-order valence-electron chi connectivity index (χ2n) is 3.20. The van der Waals surface area contributed by atoms with Gasteiger partial charge in [0.1, 0.15) is 0 Å². The molecular weight excluding hydrogens is 211 g/mol. The number of carboxylic acid groups (broad SMARTS) is 1. The molecule has 1 atom stereocenters. The lowest BCUT2D eigenvalue weighted by Gasteiger charge is -2.07. The molecule has 16 heavy (non-hydrogen) atoms. The van der Waals surface area contributed by atoms with E-state index in [0.29, 0.717) is 5.69 Å². The fourth-order valence-corrected chi connectivity index (χ4v) is 1.42. The number of aliphatic carboxylic acids is 1. The number of carbonyl (C=O) groups is 1. The Labute approximate surface area is 90.9 Å². The highest BCUT2D eigenvalue weighted by molar-refractivity contribution is 5.73. The highest BCUT2D eigenvalue weighted by Gasteiger charge is 2.23. The first-order valence-electron chi connectivity index (χ1n) is 4.66. The van der Waals surface area contributed by atoms with Crippen molar-refractivity contribution in [2.24, 2.45) is 0 Å². The molecule has 0 saturated carbocycles. The molecule has 1 N–H and O–H groups in total. The molecule has 0 saturated heterocycles. The zero-order chi connectivity index (χ0) is 11.5. The molecule has 0 aliphatic carbocycles. The average Bonchev–Trinajstić information content (AvgIpc) is 2.77. The van der Waals surface area contributed by atoms with E-state index >= 15 is 0 Å². The summed E-state index contributed by atoms with van der Waals surface area (Å²) in [4.78, 5) is 10.6. The van der Waals surface area contributed by atoms with Crippen LogP contribution in [0.2, 0.25) is 0 Å². The van der Waals surface area contributed by atoms with Crippen LogP contribution in [-0.4, -0.2) is 20.9 Å². The van der Waals surface area contributed by atoms with E-state index in [1.165, 1.54) is 16.9 Å². The van der Waals surface area contributed by atoms with Gasteiger partial charge in [-0.1, -0.05) is 18.2 Å². The molecule has 1 heterocycles. The van der Waals surface area contributed by atoms with Crippen molar-refractivity contribution in [3.63, 3.8) is 0 Å². The predicted octanol–water partition coefficient (Wildman–Crippen LogP) is 1.97. The van der Waals surface area contributed by atoms with Gasteiger partial charge in [0.05, 0.1) is 11.4 Å². The summed E-state index contributed by atoms with van der Waals surface area (Å²) in [5.74, 6) is -1.52. The van der Waals surface area contributed by atoms with Crippen LogP contribution in [0.15, 0.2) is 42.6 Å². The molecule has 0 spiro atoms. The van der Waals surface area contributed by atoms with E-state index in [1.54, 1.807) is 24.3 Å². The zero-order valence-corrected chi connectivity index (χ0v) is 8.25. The van der Waals surface area contributed by atoms with Crippen LogP contribution in [0.4, 0.5) is 4.39 Å². The number of hydrogen-bond acceptors (Lipinski definition) is 2. The van der Waals surface area contributed by atoms with Gasteiger partial charge < -0.3 is 5.11 Å². The number of benzene rings is 1. The molecule has 0 aliphatic heterocycles. The van der Waals surface area contributed by atoms with E-state index in [2.05, 4.69) is 5.10 Å². The minimum Gasteiger partial charge on any atom is -0.479 e. The standard InChI is InChI=1S/C11H9FN2O2/c12-10(11(15)16)9-6-7-13-14(9)8-4-2-1-3-5-8/h1-7,10H,(H,15,16). The lowest BCUT2D eigenvalue weighted by Crippen LogP contribution is -2.11. The van der Waals surface area contributed by atoms with Crippen LogP contribution in [-0.2, 0) is 4.79 Å². The number of hydrogen-bond donors (Lipinski definition) is 1. The molecule has 0 radical (unpaired) electrons. The summed E-state index contributed by atoms with van der Waals surface area (Å²) in [7, 11) is 0. The minimum absolute atomic E-state index is 0.0127. The molecule has 2 aromatic rings. The van der Waals surface area contributed by atoms with Crippen molar-refractivity contribution < 1.29 is 14.3 Å². The summed E-state index contributed by atoms with van der Waals surface area (Å²) in [6.07, 6.45) is -0.694. The Morgan fingerprint density at radius 1 is 1.31 bits per heavy atom. The number of alkyl halides is 1. The summed E-state index contributed by atoms with van der Waals surface area (Å²) < 4.78 is 14.7. The summed E-state index contributed by atoms with van der Waals surface area (Å²) in [6, 6.07) is 10.2. The van der Waals surface area contributed by atoms with Gasteiger partial charge in [0.15, 0.2) is 0 Å². The molecule has 0 fully saturated rings. The van der Waals surface area contributed by atoms with Crippen LogP contribution in [0.3, 0.4) is 0 Å². The lowest BCUT2D eigenvalue weighted by molar-refractivity contribution is -0.143. The topological polar surface area (TPSA) is 55.1 Å². The molecule has 1 aromatic heterocycles. The Morgan fingerprint density at radius 3 is 2.62 bits per heavy atom. The van der Waals surface area contributed by atoms with E-state index in [9.17, 15) is 9.18 Å². The fraction of sp³-hybridized carbons (Fsp3) is 0.0909. The first kappa shape index (κ1) is 10.4. The van der Waals surface area contributed by atoms with Crippen molar-refractivity contribution in [1.29, 1.82) is 0 Å². The Bertz CT molecular complexity index is 496. The molecule has 82 valence electrons. The third-order valence-corrected chi connectivity index (χ3v) is 2.15. The molecule has 0 amide bonds. The summed E-state index contributed by atoms with van der Waals surface area (Å²) in [5, 5.41) is 12.5. The second-order valence-corrected chi connectivity index (χ2v) is 3.20. The number of aromatic nitrogens is 2. The molecule has 4 nitrogen and oxygen atoms in total. The van der Waals surface area contributed by atoms with Crippen LogP contribution >= 0.6 is 0 Å². The first-order valence-corrected chi connectivity index (χ1v) is 4.66. The zero-order valence-electron chi connectivity index (χ0n) is 8.25. The van der Waals surface area contributed by atoms with Gasteiger partial charge in [0, 0.05) is 6.20 Å². The van der Waals surface area contributed by atoms with Gasteiger partial charge in [0.2, 0.25) is 6.17 Å². The number of rotatable bonds is 3. The minimum atomic E-state index is -2.07. The molecule has 0 aliphatic rings. The van der Waals surface area contributed by atoms with Crippen molar-refractivity contribution in [2.45, 2.75) is 6.17 Å². The summed E-state index contributed by atoms with van der Waals surface area (Å²) in [5.41, 5.74) is 0.644. The van der Waals surface area contributed by atoms with Crippen LogP contribution in [0.5, 0.6) is 0 Å². The SMILES string of the molecule is O=C(O)C(F)c1ccnn1-c1ccccc1. The van der Waals surface area contributed by atoms with E-state index in [-0.39, 0.29) is 5.69 Å². The van der Waals surface area contributed by atoms with Gasteiger partial charge in [-0.3, -0.25) is 0 Å². The van der Waals surface area contributed by atoms with E-state index in [4.69, 9.17) is 5.11 Å². The molecule has 0 bridgehead atoms. The van der Waals surface area contributed by atoms with Crippen molar-refractivity contribution in [3.8, 4) is 5.69 Å². The van der Waals surface area contributed by atoms with E-state index in [1.807, 2.05) is 6.07 Å². The molecule has 2 rings (SSSR count). The normalized spacial score (nSPS) is 12.3. The largest absolute Gasteiger partial charge is 0.479 e. The number of nitrogens with zero attached hydrogens (tertiary/aromatic N) is 2. The second kappa shape index (κ2) is 4.14. The summed E-state index contributed by atoms with van der Waals surface area (Å²) >= 11 is 0. The van der Waals surface area contributed by atoms with Gasteiger partial charge in [-0.05, 0) is 18.2 Å². The van der Waals surface area contributed by atoms with Gasteiger partial charge in [0.25, 0.3) is 0 Å². The highest BCUT2D eigenvalue weighted by atomic mass is 19.1. The maximum Gasteiger partial charge on any atom is 0.344 e. The van der Waals surface area contributed by atoms with Crippen molar-refractivity contribution >= 4 is 5.97 Å². The maximum absolute atomic E-state index is 13.4. The summed E-state index contributed by atoms with van der Waals surface area (Å²) in [6.45, 7) is 0. The van der Waals surface area contributed by atoms with Crippen LogP contribution in [0.25, 0.3) is 5.69 Å². The lowest BCUT2D eigenvalue weighted by atomic mass is 10.2. The molecule has 1 aromatic carbocycles. The van der Waals surface area contributed by atoms with Gasteiger partial charge >= 0.3 is 5.97 Å².